The molecule has 0 aromatic heterocycles. The zero-order valence-corrected chi connectivity index (χ0v) is 16.0. The van der Waals surface area contributed by atoms with Crippen molar-refractivity contribution in [3.8, 4) is 0 Å². The van der Waals surface area contributed by atoms with E-state index < -0.39 is 0 Å². The van der Waals surface area contributed by atoms with Crippen molar-refractivity contribution in [2.75, 3.05) is 56.5 Å². The number of benzene rings is 2. The molecule has 28 heavy (non-hydrogen) atoms. The van der Waals surface area contributed by atoms with E-state index in [1.807, 2.05) is 30.3 Å². The van der Waals surface area contributed by atoms with Gasteiger partial charge in [0.1, 0.15) is 5.82 Å². The van der Waals surface area contributed by atoms with E-state index in [0.717, 1.165) is 31.9 Å². The predicted molar refractivity (Wildman–Crippen MR) is 108 cm³/mol. The van der Waals surface area contributed by atoms with Gasteiger partial charge in [0.25, 0.3) is 0 Å². The van der Waals surface area contributed by atoms with Crippen LogP contribution in [0.5, 0.6) is 0 Å². The third kappa shape index (κ3) is 5.61. The second kappa shape index (κ2) is 9.43. The van der Waals surface area contributed by atoms with Gasteiger partial charge in [-0.3, -0.25) is 19.4 Å². The first-order chi connectivity index (χ1) is 13.5. The summed E-state index contributed by atoms with van der Waals surface area (Å²) >= 11 is 0. The van der Waals surface area contributed by atoms with E-state index in [1.165, 1.54) is 12.1 Å². The van der Waals surface area contributed by atoms with Crippen LogP contribution >= 0.6 is 0 Å². The fraction of sp³-hybridized carbons (Fsp3) is 0.333. The molecule has 0 aliphatic carbocycles. The largest absolute Gasteiger partial charge is 0.325 e. The fourth-order valence-corrected chi connectivity index (χ4v) is 3.14. The SMILES string of the molecule is CN(C(=O)CN1CCN(CC(=O)Nc2ccc(F)cc2)CC1)c1ccccc1. The van der Waals surface area contributed by atoms with Crippen molar-refractivity contribution in [2.24, 2.45) is 0 Å². The number of carbonyl (C=O) groups is 2. The van der Waals surface area contributed by atoms with Gasteiger partial charge in [0.05, 0.1) is 13.1 Å². The number of carbonyl (C=O) groups excluding carboxylic acids is 2. The third-order valence-electron chi connectivity index (χ3n) is 4.84. The monoisotopic (exact) mass is 384 g/mol. The van der Waals surface area contributed by atoms with Gasteiger partial charge >= 0.3 is 0 Å². The standard InChI is InChI=1S/C21H25FN4O2/c1-24(19-5-3-2-4-6-19)21(28)16-26-13-11-25(12-14-26)15-20(27)23-18-9-7-17(22)8-10-18/h2-10H,11-16H2,1H3,(H,23,27). The van der Waals surface area contributed by atoms with Crippen LogP contribution in [0.15, 0.2) is 54.6 Å². The molecule has 1 fully saturated rings. The van der Waals surface area contributed by atoms with E-state index in [9.17, 15) is 14.0 Å². The van der Waals surface area contributed by atoms with Crippen LogP contribution < -0.4 is 10.2 Å². The Bertz CT molecular complexity index is 790. The summed E-state index contributed by atoms with van der Waals surface area (Å²) in [6, 6.07) is 15.3. The molecule has 1 aliphatic heterocycles. The highest BCUT2D eigenvalue weighted by atomic mass is 19.1. The third-order valence-corrected chi connectivity index (χ3v) is 4.84. The van der Waals surface area contributed by atoms with E-state index in [0.29, 0.717) is 12.2 Å². The normalized spacial score (nSPS) is 15.2. The molecule has 3 rings (SSSR count). The van der Waals surface area contributed by atoms with E-state index in [1.54, 1.807) is 24.1 Å². The minimum Gasteiger partial charge on any atom is -0.325 e. The molecule has 148 valence electrons. The zero-order valence-electron chi connectivity index (χ0n) is 16.0. The molecule has 1 aliphatic rings. The number of hydrogen-bond acceptors (Lipinski definition) is 4. The highest BCUT2D eigenvalue weighted by Gasteiger charge is 2.22. The molecule has 0 saturated carbocycles. The average Bonchev–Trinajstić information content (AvgIpc) is 2.71. The summed E-state index contributed by atoms with van der Waals surface area (Å²) in [4.78, 5) is 30.5. The Hall–Kier alpha value is -2.77. The van der Waals surface area contributed by atoms with Gasteiger partial charge in [-0.25, -0.2) is 4.39 Å². The Morgan fingerprint density at radius 3 is 2.11 bits per heavy atom. The number of anilines is 2. The van der Waals surface area contributed by atoms with Crippen molar-refractivity contribution in [3.05, 3.63) is 60.4 Å². The number of nitrogens with zero attached hydrogens (tertiary/aromatic N) is 3. The van der Waals surface area contributed by atoms with Gasteiger partial charge in [-0.2, -0.15) is 0 Å². The number of rotatable bonds is 6. The number of halogens is 1. The van der Waals surface area contributed by atoms with Gasteiger partial charge in [0.15, 0.2) is 0 Å². The molecule has 1 N–H and O–H groups in total. The van der Waals surface area contributed by atoms with Crippen molar-refractivity contribution in [2.45, 2.75) is 0 Å². The Morgan fingerprint density at radius 1 is 0.929 bits per heavy atom. The van der Waals surface area contributed by atoms with Gasteiger partial charge in [-0.15, -0.1) is 0 Å². The summed E-state index contributed by atoms with van der Waals surface area (Å²) in [6.07, 6.45) is 0. The van der Waals surface area contributed by atoms with Crippen LogP contribution in [0.25, 0.3) is 0 Å². The molecule has 2 amide bonds. The van der Waals surface area contributed by atoms with E-state index in [-0.39, 0.29) is 24.2 Å². The number of likely N-dealkylation sites (N-methyl/N-ethyl adjacent to an activating group) is 1. The number of amides is 2. The minimum atomic E-state index is -0.332. The highest BCUT2D eigenvalue weighted by Crippen LogP contribution is 2.12. The van der Waals surface area contributed by atoms with Crippen molar-refractivity contribution >= 4 is 23.2 Å². The molecule has 7 heteroatoms. The molecule has 2 aromatic rings. The molecule has 1 heterocycles. The Labute approximate surface area is 164 Å². The van der Waals surface area contributed by atoms with Crippen molar-refractivity contribution in [1.82, 2.24) is 9.80 Å². The molecular weight excluding hydrogens is 359 g/mol. The molecule has 2 aromatic carbocycles. The van der Waals surface area contributed by atoms with Gasteiger partial charge in [-0.1, -0.05) is 18.2 Å². The lowest BCUT2D eigenvalue weighted by atomic mass is 10.2. The minimum absolute atomic E-state index is 0.0497. The average molecular weight is 384 g/mol. The Morgan fingerprint density at radius 2 is 1.50 bits per heavy atom. The summed E-state index contributed by atoms with van der Waals surface area (Å²) in [7, 11) is 1.79. The molecule has 0 unspecified atom stereocenters. The summed E-state index contributed by atoms with van der Waals surface area (Å²) < 4.78 is 12.9. The van der Waals surface area contributed by atoms with Gasteiger partial charge < -0.3 is 10.2 Å². The summed E-state index contributed by atoms with van der Waals surface area (Å²) in [5.74, 6) is -0.407. The zero-order chi connectivity index (χ0) is 19.9. The molecule has 0 bridgehead atoms. The molecule has 0 atom stereocenters. The number of hydrogen-bond donors (Lipinski definition) is 1. The fourth-order valence-electron chi connectivity index (χ4n) is 3.14. The second-order valence-electron chi connectivity index (χ2n) is 6.90. The Kier molecular flexibility index (Phi) is 6.73. The van der Waals surface area contributed by atoms with Crippen LogP contribution in [0.4, 0.5) is 15.8 Å². The predicted octanol–water partition coefficient (Wildman–Crippen LogP) is 2.04. The first-order valence-corrected chi connectivity index (χ1v) is 9.33. The van der Waals surface area contributed by atoms with Crippen LogP contribution in [-0.2, 0) is 9.59 Å². The lowest BCUT2D eigenvalue weighted by molar-refractivity contribution is -0.121. The van der Waals surface area contributed by atoms with E-state index in [2.05, 4.69) is 15.1 Å². The van der Waals surface area contributed by atoms with Gasteiger partial charge in [0.2, 0.25) is 11.8 Å². The lowest BCUT2D eigenvalue weighted by Gasteiger charge is -2.34. The topological polar surface area (TPSA) is 55.9 Å². The number of nitrogens with one attached hydrogen (secondary N) is 1. The first kappa shape index (κ1) is 20.0. The van der Waals surface area contributed by atoms with Crippen LogP contribution in [0.3, 0.4) is 0 Å². The van der Waals surface area contributed by atoms with E-state index >= 15 is 0 Å². The first-order valence-electron chi connectivity index (χ1n) is 9.33. The molecular formula is C21H25FN4O2. The van der Waals surface area contributed by atoms with Crippen LogP contribution in [0.2, 0.25) is 0 Å². The van der Waals surface area contributed by atoms with Crippen molar-refractivity contribution in [1.29, 1.82) is 0 Å². The van der Waals surface area contributed by atoms with E-state index in [4.69, 9.17) is 0 Å². The van der Waals surface area contributed by atoms with Crippen molar-refractivity contribution < 1.29 is 14.0 Å². The van der Waals surface area contributed by atoms with Crippen LogP contribution in [-0.4, -0.2) is 67.9 Å². The maximum Gasteiger partial charge on any atom is 0.240 e. The number of para-hydroxylation sites is 1. The second-order valence-corrected chi connectivity index (χ2v) is 6.90. The number of piperazine rings is 1. The Balaban J connectivity index is 1.41. The van der Waals surface area contributed by atoms with Crippen LogP contribution in [0.1, 0.15) is 0 Å². The molecule has 0 spiro atoms. The maximum absolute atomic E-state index is 12.9. The maximum atomic E-state index is 12.9. The van der Waals surface area contributed by atoms with Gasteiger partial charge in [-0.05, 0) is 36.4 Å². The highest BCUT2D eigenvalue weighted by molar-refractivity contribution is 5.94. The van der Waals surface area contributed by atoms with Crippen LogP contribution in [0, 0.1) is 5.82 Å². The van der Waals surface area contributed by atoms with Gasteiger partial charge in [0, 0.05) is 44.6 Å². The summed E-state index contributed by atoms with van der Waals surface area (Å²) in [6.45, 7) is 3.55. The molecule has 6 nitrogen and oxygen atoms in total. The smallest absolute Gasteiger partial charge is 0.240 e. The lowest BCUT2D eigenvalue weighted by Crippen LogP contribution is -2.51. The molecule has 0 radical (unpaired) electrons. The summed E-state index contributed by atoms with van der Waals surface area (Å²) in [5, 5.41) is 2.77. The molecule has 1 saturated heterocycles. The summed E-state index contributed by atoms with van der Waals surface area (Å²) in [5.41, 5.74) is 1.46. The quantitative estimate of drug-likeness (QED) is 0.828. The van der Waals surface area contributed by atoms with Crippen molar-refractivity contribution in [3.63, 3.8) is 0 Å².